The van der Waals surface area contributed by atoms with E-state index in [1.807, 2.05) is 42.6 Å². The Balaban J connectivity index is 0.942. The van der Waals surface area contributed by atoms with Crippen LogP contribution in [0.25, 0.3) is 5.57 Å². The minimum Gasteiger partial charge on any atom is -0.354 e. The number of carbonyl (C=O) groups is 2. The molecule has 1 fully saturated rings. The van der Waals surface area contributed by atoms with Crippen LogP contribution >= 0.6 is 23.5 Å². The summed E-state index contributed by atoms with van der Waals surface area (Å²) >= 11 is 3.78. The zero-order valence-electron chi connectivity index (χ0n) is 40.7. The highest BCUT2D eigenvalue weighted by atomic mass is 32.2. The summed E-state index contributed by atoms with van der Waals surface area (Å²) in [6, 6.07) is 71.5. The van der Waals surface area contributed by atoms with Crippen molar-refractivity contribution in [1.82, 2.24) is 15.1 Å². The number of carbonyl (C=O) groups excluding carboxylic acids is 2. The molecular formula is C63H64FN3O2S2. The molecule has 2 aliphatic heterocycles. The monoisotopic (exact) mass is 977 g/mol. The zero-order valence-corrected chi connectivity index (χ0v) is 42.3. The van der Waals surface area contributed by atoms with Crippen molar-refractivity contribution in [2.75, 3.05) is 44.2 Å². The van der Waals surface area contributed by atoms with Crippen LogP contribution in [0.1, 0.15) is 78.0 Å². The molecule has 0 spiro atoms. The van der Waals surface area contributed by atoms with Crippen molar-refractivity contribution >= 4 is 40.8 Å². The Bertz CT molecular complexity index is 2620. The molecule has 0 aliphatic carbocycles. The molecule has 0 saturated carbocycles. The molecule has 0 radical (unpaired) electrons. The number of hydrogen-bond acceptors (Lipinski definition) is 6. The molecule has 5 nitrogen and oxygen atoms in total. The molecule has 0 aromatic heterocycles. The van der Waals surface area contributed by atoms with Crippen molar-refractivity contribution < 1.29 is 14.0 Å². The molecule has 1 saturated heterocycles. The van der Waals surface area contributed by atoms with Crippen LogP contribution in [0.3, 0.4) is 0 Å². The van der Waals surface area contributed by atoms with Gasteiger partial charge in [0.15, 0.2) is 5.78 Å². The fourth-order valence-electron chi connectivity index (χ4n) is 11.1. The first-order valence-electron chi connectivity index (χ1n) is 25.3. The SMILES string of the molecule is CCC(=O)C1=C(c2ccc(F)cc2)CC2CCC1N2CCCN(CCSC(c1ccccc1)(c1ccccc1)c1ccccc1)CC(=O)NCCSC(c1ccccc1)(c1ccccc1)c1ccccc1. The second-order valence-electron chi connectivity index (χ2n) is 18.6. The van der Waals surface area contributed by atoms with Crippen molar-refractivity contribution in [2.24, 2.45) is 0 Å². The van der Waals surface area contributed by atoms with Crippen LogP contribution in [0.5, 0.6) is 0 Å². The number of halogens is 1. The maximum Gasteiger partial charge on any atom is 0.234 e. The van der Waals surface area contributed by atoms with Gasteiger partial charge in [-0.2, -0.15) is 0 Å². The van der Waals surface area contributed by atoms with Gasteiger partial charge in [-0.3, -0.25) is 19.4 Å². The van der Waals surface area contributed by atoms with Crippen LogP contribution in [0, 0.1) is 5.82 Å². The van der Waals surface area contributed by atoms with E-state index >= 15 is 0 Å². The van der Waals surface area contributed by atoms with E-state index in [-0.39, 0.29) is 30.1 Å². The first kappa shape index (κ1) is 49.9. The lowest BCUT2D eigenvalue weighted by Gasteiger charge is -2.38. The van der Waals surface area contributed by atoms with Crippen LogP contribution in [0.4, 0.5) is 4.39 Å². The summed E-state index contributed by atoms with van der Waals surface area (Å²) in [6.07, 6.45) is 4.05. The third-order valence-electron chi connectivity index (χ3n) is 14.4. The van der Waals surface area contributed by atoms with Crippen LogP contribution in [0.15, 0.2) is 212 Å². The topological polar surface area (TPSA) is 52.7 Å². The number of nitrogens with zero attached hydrogens (tertiary/aromatic N) is 2. The average Bonchev–Trinajstić information content (AvgIpc) is 3.70. The van der Waals surface area contributed by atoms with E-state index in [1.54, 1.807) is 0 Å². The number of hydrogen-bond donors (Lipinski definition) is 1. The van der Waals surface area contributed by atoms with Crippen molar-refractivity contribution in [3.05, 3.63) is 257 Å². The van der Waals surface area contributed by atoms with Crippen LogP contribution < -0.4 is 5.32 Å². The lowest BCUT2D eigenvalue weighted by Crippen LogP contribution is -2.45. The molecule has 2 atom stereocenters. The van der Waals surface area contributed by atoms with Crippen LogP contribution in [-0.4, -0.2) is 77.8 Å². The zero-order chi connectivity index (χ0) is 48.9. The van der Waals surface area contributed by atoms with E-state index in [9.17, 15) is 14.0 Å². The third-order valence-corrected chi connectivity index (χ3v) is 17.4. The van der Waals surface area contributed by atoms with Gasteiger partial charge in [-0.1, -0.05) is 201 Å². The first-order valence-corrected chi connectivity index (χ1v) is 27.3. The van der Waals surface area contributed by atoms with Crippen molar-refractivity contribution in [3.8, 4) is 0 Å². The molecule has 2 bridgehead atoms. The van der Waals surface area contributed by atoms with Gasteiger partial charge in [0, 0.05) is 55.2 Å². The highest BCUT2D eigenvalue weighted by molar-refractivity contribution is 8.00. The number of rotatable bonds is 23. The summed E-state index contributed by atoms with van der Waals surface area (Å²) in [7, 11) is 0. The van der Waals surface area contributed by atoms with Crippen molar-refractivity contribution in [3.63, 3.8) is 0 Å². The normalized spacial score (nSPS) is 16.0. The summed E-state index contributed by atoms with van der Waals surface area (Å²) in [5, 5.41) is 3.35. The molecule has 362 valence electrons. The first-order chi connectivity index (χ1) is 34.9. The number of fused-ring (bicyclic) bond motifs is 2. The molecule has 2 heterocycles. The van der Waals surface area contributed by atoms with E-state index in [0.29, 0.717) is 31.3 Å². The Labute approximate surface area is 429 Å². The minimum absolute atomic E-state index is 0.0153. The second kappa shape index (κ2) is 23.9. The number of nitrogens with one attached hydrogen (secondary N) is 1. The average molecular weight is 978 g/mol. The summed E-state index contributed by atoms with van der Waals surface area (Å²) in [4.78, 5) is 32.9. The highest BCUT2D eigenvalue weighted by Crippen LogP contribution is 2.50. The molecule has 9 rings (SSSR count). The molecule has 1 amide bonds. The smallest absolute Gasteiger partial charge is 0.234 e. The third kappa shape index (κ3) is 11.2. The fraction of sp³-hybridized carbons (Fsp3) is 0.270. The Morgan fingerprint density at radius 3 is 1.46 bits per heavy atom. The van der Waals surface area contributed by atoms with Crippen LogP contribution in [-0.2, 0) is 19.1 Å². The number of amides is 1. The van der Waals surface area contributed by atoms with Gasteiger partial charge < -0.3 is 5.32 Å². The predicted octanol–water partition coefficient (Wildman–Crippen LogP) is 13.1. The van der Waals surface area contributed by atoms with Gasteiger partial charge >= 0.3 is 0 Å². The lowest BCUT2D eigenvalue weighted by molar-refractivity contribution is -0.122. The maximum atomic E-state index is 14.3. The lowest BCUT2D eigenvalue weighted by atomic mass is 9.84. The summed E-state index contributed by atoms with van der Waals surface area (Å²) < 4.78 is 13.1. The largest absolute Gasteiger partial charge is 0.354 e. The molecule has 7 aromatic rings. The van der Waals surface area contributed by atoms with E-state index in [0.717, 1.165) is 61.2 Å². The second-order valence-corrected chi connectivity index (χ2v) is 21.2. The quantitative estimate of drug-likeness (QED) is 0.0509. The van der Waals surface area contributed by atoms with Gasteiger partial charge in [0.2, 0.25) is 5.91 Å². The number of Topliss-reactive ketones (excluding diaryl/α,β-unsaturated/α-hetero) is 1. The standard InChI is InChI=1S/C63H64FN3O2S2/c1-2-59(68)61-57(48-34-36-55(64)37-35-48)46-56-38-39-58(61)67(56)42-21-41-66(43-45-71-63(52-28-15-6-16-29-52,53-30-17-7-18-31-53)54-32-19-8-20-33-54)47-60(69)65-40-44-70-62(49-22-9-3-10-23-49,50-24-11-4-12-25-50)51-26-13-5-14-27-51/h3-20,22-37,56,58H,2,21,38-47H2,1H3,(H,65,69). The van der Waals surface area contributed by atoms with Crippen molar-refractivity contribution in [1.29, 1.82) is 0 Å². The highest BCUT2D eigenvalue weighted by Gasteiger charge is 2.43. The summed E-state index contributed by atoms with van der Waals surface area (Å²) in [6.45, 7) is 5.02. The number of thioether (sulfide) groups is 2. The molecule has 2 aliphatic rings. The Hall–Kier alpha value is -6.03. The van der Waals surface area contributed by atoms with Crippen molar-refractivity contribution in [2.45, 2.75) is 60.6 Å². The van der Waals surface area contributed by atoms with Gasteiger partial charge in [-0.25, -0.2) is 4.39 Å². The Morgan fingerprint density at radius 1 is 0.592 bits per heavy atom. The van der Waals surface area contributed by atoms with E-state index in [2.05, 4.69) is 197 Å². The fourth-order valence-corrected chi connectivity index (χ4v) is 14.1. The predicted molar refractivity (Wildman–Crippen MR) is 294 cm³/mol. The summed E-state index contributed by atoms with van der Waals surface area (Å²) in [5.41, 5.74) is 10.2. The maximum absolute atomic E-state index is 14.3. The molecular weight excluding hydrogens is 914 g/mol. The van der Waals surface area contributed by atoms with E-state index < -0.39 is 9.49 Å². The van der Waals surface area contributed by atoms with Crippen LogP contribution in [0.2, 0.25) is 0 Å². The molecule has 8 heteroatoms. The molecule has 71 heavy (non-hydrogen) atoms. The Morgan fingerprint density at radius 2 is 1.03 bits per heavy atom. The number of ketones is 1. The van der Waals surface area contributed by atoms with Gasteiger partial charge in [-0.05, 0) is 88.9 Å². The van der Waals surface area contributed by atoms with E-state index in [1.165, 1.54) is 45.5 Å². The van der Waals surface area contributed by atoms with Gasteiger partial charge in [-0.15, -0.1) is 23.5 Å². The van der Waals surface area contributed by atoms with Gasteiger partial charge in [0.25, 0.3) is 0 Å². The summed E-state index contributed by atoms with van der Waals surface area (Å²) in [5.74, 6) is 1.42. The van der Waals surface area contributed by atoms with Gasteiger partial charge in [0.05, 0.1) is 16.0 Å². The molecule has 2 unspecified atom stereocenters. The molecule has 7 aromatic carbocycles. The molecule has 1 N–H and O–H groups in total. The minimum atomic E-state index is -0.471. The number of benzene rings is 7. The van der Waals surface area contributed by atoms with E-state index in [4.69, 9.17) is 0 Å². The Kier molecular flexibility index (Phi) is 16.8. The van der Waals surface area contributed by atoms with Gasteiger partial charge in [0.1, 0.15) is 5.82 Å².